The number of fused-ring (bicyclic) bond motifs is 3. The molecular formula is C16H18BrN5OS. The second kappa shape index (κ2) is 6.33. The molecule has 1 N–H and O–H groups in total. The van der Waals surface area contributed by atoms with Crippen molar-refractivity contribution in [3.05, 3.63) is 22.7 Å². The molecule has 0 saturated carbocycles. The number of nitrogens with zero attached hydrogens (tertiary/aromatic N) is 4. The molecule has 0 aliphatic heterocycles. The number of amides is 1. The first-order chi connectivity index (χ1) is 11.2. The van der Waals surface area contributed by atoms with Gasteiger partial charge in [-0.2, -0.15) is 0 Å². The van der Waals surface area contributed by atoms with E-state index in [-0.39, 0.29) is 17.2 Å². The summed E-state index contributed by atoms with van der Waals surface area (Å²) in [4.78, 5) is 16.5. The molecule has 6 nitrogen and oxygen atoms in total. The number of aryl methyl sites for hydroxylation is 1. The van der Waals surface area contributed by atoms with E-state index in [0.717, 1.165) is 26.5 Å². The van der Waals surface area contributed by atoms with Gasteiger partial charge in [-0.15, -0.1) is 10.2 Å². The summed E-state index contributed by atoms with van der Waals surface area (Å²) in [7, 11) is 1.95. The molecule has 0 saturated heterocycles. The van der Waals surface area contributed by atoms with Crippen LogP contribution in [0.15, 0.2) is 27.8 Å². The number of thioether (sulfide) groups is 1. The lowest BCUT2D eigenvalue weighted by Crippen LogP contribution is -2.41. The van der Waals surface area contributed by atoms with Crippen molar-refractivity contribution in [2.75, 3.05) is 5.75 Å². The molecule has 126 valence electrons. The van der Waals surface area contributed by atoms with Gasteiger partial charge in [0.15, 0.2) is 5.65 Å². The molecule has 8 heteroatoms. The van der Waals surface area contributed by atoms with Gasteiger partial charge in [-0.1, -0.05) is 27.7 Å². The highest BCUT2D eigenvalue weighted by Crippen LogP contribution is 2.28. The zero-order valence-corrected chi connectivity index (χ0v) is 16.3. The number of nitrogens with one attached hydrogen (secondary N) is 1. The van der Waals surface area contributed by atoms with E-state index in [1.165, 1.54) is 11.8 Å². The van der Waals surface area contributed by atoms with Gasteiger partial charge in [0, 0.05) is 22.4 Å². The SMILES string of the molecule is Cn1c2ccc(Br)cc2c2nnc(SCC(=O)NC(C)(C)C)nc21. The molecule has 2 aromatic heterocycles. The molecule has 0 aliphatic rings. The standard InChI is InChI=1S/C16H18BrN5OS/c1-16(2,3)19-12(23)8-24-15-18-14-13(20-21-15)10-7-9(17)5-6-11(10)22(14)4/h5-7H,8H2,1-4H3,(H,19,23). The van der Waals surface area contributed by atoms with Crippen molar-refractivity contribution in [2.24, 2.45) is 7.05 Å². The Hall–Kier alpha value is -1.67. The third-order valence-corrected chi connectivity index (χ3v) is 4.72. The van der Waals surface area contributed by atoms with Crippen molar-refractivity contribution in [1.29, 1.82) is 0 Å². The third kappa shape index (κ3) is 3.54. The van der Waals surface area contributed by atoms with E-state index in [1.54, 1.807) is 0 Å². The number of carbonyl (C=O) groups is 1. The van der Waals surface area contributed by atoms with Crippen molar-refractivity contribution in [2.45, 2.75) is 31.5 Å². The second-order valence-electron chi connectivity index (χ2n) is 6.57. The zero-order valence-electron chi connectivity index (χ0n) is 13.9. The van der Waals surface area contributed by atoms with Crippen molar-refractivity contribution in [3.8, 4) is 0 Å². The molecule has 0 fully saturated rings. The maximum atomic E-state index is 11.9. The Balaban J connectivity index is 1.88. The van der Waals surface area contributed by atoms with Crippen LogP contribution >= 0.6 is 27.7 Å². The molecular weight excluding hydrogens is 390 g/mol. The fourth-order valence-electron chi connectivity index (χ4n) is 2.46. The molecule has 0 radical (unpaired) electrons. The minimum atomic E-state index is -0.246. The first-order valence-electron chi connectivity index (χ1n) is 7.47. The number of aromatic nitrogens is 4. The fourth-order valence-corrected chi connectivity index (χ4v) is 3.40. The molecule has 0 aliphatic carbocycles. The summed E-state index contributed by atoms with van der Waals surface area (Å²) in [5, 5.41) is 12.9. The molecule has 0 atom stereocenters. The average molecular weight is 408 g/mol. The van der Waals surface area contributed by atoms with E-state index in [2.05, 4.69) is 36.4 Å². The van der Waals surface area contributed by atoms with Crippen LogP contribution in [-0.2, 0) is 11.8 Å². The number of carbonyl (C=O) groups excluding carboxylic acids is 1. The molecule has 0 spiro atoms. The largest absolute Gasteiger partial charge is 0.351 e. The lowest BCUT2D eigenvalue weighted by atomic mass is 10.1. The summed E-state index contributed by atoms with van der Waals surface area (Å²) in [6, 6.07) is 6.02. The van der Waals surface area contributed by atoms with Crippen LogP contribution in [0.5, 0.6) is 0 Å². The Morgan fingerprint density at radius 2 is 2.08 bits per heavy atom. The van der Waals surface area contributed by atoms with Crippen LogP contribution in [0.2, 0.25) is 0 Å². The van der Waals surface area contributed by atoms with Crippen LogP contribution in [0.1, 0.15) is 20.8 Å². The lowest BCUT2D eigenvalue weighted by molar-refractivity contribution is -0.119. The van der Waals surface area contributed by atoms with E-state index in [4.69, 9.17) is 0 Å². The number of hydrogen-bond donors (Lipinski definition) is 1. The van der Waals surface area contributed by atoms with Gasteiger partial charge in [-0.05, 0) is 39.0 Å². The Kier molecular flexibility index (Phi) is 4.52. The Bertz CT molecular complexity index is 931. The lowest BCUT2D eigenvalue weighted by Gasteiger charge is -2.20. The van der Waals surface area contributed by atoms with Crippen molar-refractivity contribution >= 4 is 55.7 Å². The molecule has 0 unspecified atom stereocenters. The normalized spacial score (nSPS) is 12.0. The molecule has 3 aromatic rings. The van der Waals surface area contributed by atoms with Crippen LogP contribution in [0.25, 0.3) is 22.1 Å². The average Bonchev–Trinajstić information content (AvgIpc) is 2.76. The fraction of sp³-hybridized carbons (Fsp3) is 0.375. The maximum Gasteiger partial charge on any atom is 0.230 e. The van der Waals surface area contributed by atoms with Gasteiger partial charge in [0.1, 0.15) is 5.52 Å². The van der Waals surface area contributed by atoms with E-state index < -0.39 is 0 Å². The first kappa shape index (κ1) is 17.2. The van der Waals surface area contributed by atoms with Crippen molar-refractivity contribution in [3.63, 3.8) is 0 Å². The Morgan fingerprint density at radius 1 is 1.33 bits per heavy atom. The summed E-state index contributed by atoms with van der Waals surface area (Å²) in [6.07, 6.45) is 0. The van der Waals surface area contributed by atoms with Crippen LogP contribution in [0, 0.1) is 0 Å². The molecule has 0 bridgehead atoms. The number of benzene rings is 1. The first-order valence-corrected chi connectivity index (χ1v) is 9.24. The minimum Gasteiger partial charge on any atom is -0.351 e. The molecule has 3 rings (SSSR count). The Labute approximate surface area is 152 Å². The van der Waals surface area contributed by atoms with Crippen LogP contribution < -0.4 is 5.32 Å². The van der Waals surface area contributed by atoms with Gasteiger partial charge < -0.3 is 9.88 Å². The summed E-state index contributed by atoms with van der Waals surface area (Å²) in [5.74, 6) is 0.220. The highest BCUT2D eigenvalue weighted by atomic mass is 79.9. The van der Waals surface area contributed by atoms with E-state index in [9.17, 15) is 4.79 Å². The zero-order chi connectivity index (χ0) is 17.5. The van der Waals surface area contributed by atoms with Gasteiger partial charge >= 0.3 is 0 Å². The molecule has 24 heavy (non-hydrogen) atoms. The predicted molar refractivity (Wildman–Crippen MR) is 100 cm³/mol. The van der Waals surface area contributed by atoms with Gasteiger partial charge in [-0.3, -0.25) is 4.79 Å². The molecule has 1 aromatic carbocycles. The number of rotatable bonds is 3. The quantitative estimate of drug-likeness (QED) is 0.674. The van der Waals surface area contributed by atoms with Crippen LogP contribution in [-0.4, -0.2) is 36.9 Å². The number of hydrogen-bond acceptors (Lipinski definition) is 5. The molecule has 1 amide bonds. The topological polar surface area (TPSA) is 72.7 Å². The minimum absolute atomic E-state index is 0.0443. The summed E-state index contributed by atoms with van der Waals surface area (Å²) >= 11 is 4.77. The Morgan fingerprint density at radius 3 is 2.79 bits per heavy atom. The smallest absolute Gasteiger partial charge is 0.230 e. The monoisotopic (exact) mass is 407 g/mol. The van der Waals surface area contributed by atoms with E-state index in [1.807, 2.05) is 50.6 Å². The van der Waals surface area contributed by atoms with Gasteiger partial charge in [0.2, 0.25) is 11.1 Å². The van der Waals surface area contributed by atoms with Crippen molar-refractivity contribution in [1.82, 2.24) is 25.1 Å². The number of halogens is 1. The van der Waals surface area contributed by atoms with E-state index >= 15 is 0 Å². The highest BCUT2D eigenvalue weighted by molar-refractivity contribution is 9.10. The van der Waals surface area contributed by atoms with Gasteiger partial charge in [0.25, 0.3) is 0 Å². The summed E-state index contributed by atoms with van der Waals surface area (Å²) in [6.45, 7) is 5.86. The summed E-state index contributed by atoms with van der Waals surface area (Å²) in [5.41, 5.74) is 2.32. The van der Waals surface area contributed by atoms with Crippen LogP contribution in [0.4, 0.5) is 0 Å². The van der Waals surface area contributed by atoms with Crippen LogP contribution in [0.3, 0.4) is 0 Å². The highest BCUT2D eigenvalue weighted by Gasteiger charge is 2.16. The second-order valence-corrected chi connectivity index (χ2v) is 8.43. The van der Waals surface area contributed by atoms with Gasteiger partial charge in [0.05, 0.1) is 11.3 Å². The third-order valence-electron chi connectivity index (χ3n) is 3.39. The predicted octanol–water partition coefficient (Wildman–Crippen LogP) is 3.29. The maximum absolute atomic E-state index is 11.9. The molecule has 2 heterocycles. The van der Waals surface area contributed by atoms with Gasteiger partial charge in [-0.25, -0.2) is 4.98 Å². The van der Waals surface area contributed by atoms with Crippen molar-refractivity contribution < 1.29 is 4.79 Å². The van der Waals surface area contributed by atoms with E-state index in [0.29, 0.717) is 5.16 Å². The summed E-state index contributed by atoms with van der Waals surface area (Å²) < 4.78 is 2.98.